The maximum absolute atomic E-state index is 13.2. The lowest BCUT2D eigenvalue weighted by Crippen LogP contribution is -2.22. The van der Waals surface area contributed by atoms with E-state index in [0.717, 1.165) is 18.2 Å². The third kappa shape index (κ3) is 1.86. The Hall–Kier alpha value is -0.890. The van der Waals surface area contributed by atoms with Crippen LogP contribution >= 0.6 is 0 Å². The van der Waals surface area contributed by atoms with Crippen LogP contribution in [0.15, 0.2) is 24.3 Å². The normalized spacial score (nSPS) is 32.8. The molecule has 0 heterocycles. The Labute approximate surface area is 96.1 Å². The van der Waals surface area contributed by atoms with Gasteiger partial charge in [0.1, 0.15) is 5.82 Å². The molecule has 2 heteroatoms. The third-order valence-electron chi connectivity index (χ3n) is 4.13. The molecule has 16 heavy (non-hydrogen) atoms. The summed E-state index contributed by atoms with van der Waals surface area (Å²) in [6, 6.07) is 7.86. The van der Waals surface area contributed by atoms with E-state index >= 15 is 0 Å². The lowest BCUT2D eigenvalue weighted by molar-refractivity contribution is 0.569. The maximum atomic E-state index is 13.2. The van der Waals surface area contributed by atoms with Gasteiger partial charge in [-0.3, -0.25) is 0 Å². The molecule has 0 radical (unpaired) electrons. The summed E-state index contributed by atoms with van der Waals surface area (Å²) in [5.41, 5.74) is 1.37. The lowest BCUT2D eigenvalue weighted by atomic mass is 9.95. The van der Waals surface area contributed by atoms with Gasteiger partial charge in [0.25, 0.3) is 0 Å². The third-order valence-corrected chi connectivity index (χ3v) is 4.13. The van der Waals surface area contributed by atoms with Gasteiger partial charge in [0.15, 0.2) is 0 Å². The largest absolute Gasteiger partial charge is 0.314 e. The van der Waals surface area contributed by atoms with Crippen molar-refractivity contribution in [3.05, 3.63) is 35.6 Å². The van der Waals surface area contributed by atoms with Crippen LogP contribution in [0.5, 0.6) is 0 Å². The van der Waals surface area contributed by atoms with Crippen LogP contribution < -0.4 is 5.32 Å². The molecule has 3 rings (SSSR count). The second kappa shape index (κ2) is 3.56. The van der Waals surface area contributed by atoms with Crippen molar-refractivity contribution < 1.29 is 4.39 Å². The van der Waals surface area contributed by atoms with Gasteiger partial charge >= 0.3 is 0 Å². The van der Waals surface area contributed by atoms with Crippen molar-refractivity contribution in [2.24, 2.45) is 5.92 Å². The molecule has 2 aliphatic carbocycles. The first-order valence-electron chi connectivity index (χ1n) is 6.18. The van der Waals surface area contributed by atoms with E-state index in [2.05, 4.69) is 18.3 Å². The minimum atomic E-state index is -0.112. The van der Waals surface area contributed by atoms with Crippen molar-refractivity contribution in [3.63, 3.8) is 0 Å². The van der Waals surface area contributed by atoms with Gasteiger partial charge in [0.05, 0.1) is 0 Å². The number of halogens is 1. The first kappa shape index (κ1) is 10.3. The molecule has 2 aliphatic rings. The van der Waals surface area contributed by atoms with Crippen LogP contribution in [-0.2, 0) is 5.41 Å². The van der Waals surface area contributed by atoms with Gasteiger partial charge in [-0.25, -0.2) is 4.39 Å². The average molecular weight is 219 g/mol. The van der Waals surface area contributed by atoms with Crippen LogP contribution in [0, 0.1) is 11.7 Å². The molecule has 0 aliphatic heterocycles. The second-order valence-corrected chi connectivity index (χ2v) is 5.51. The zero-order valence-electron chi connectivity index (χ0n) is 9.67. The zero-order valence-corrected chi connectivity index (χ0v) is 9.67. The summed E-state index contributed by atoms with van der Waals surface area (Å²) in [6.45, 7) is 3.35. The van der Waals surface area contributed by atoms with Gasteiger partial charge in [-0.05, 0) is 54.8 Å². The summed E-state index contributed by atoms with van der Waals surface area (Å²) in [4.78, 5) is 0. The quantitative estimate of drug-likeness (QED) is 0.821. The minimum absolute atomic E-state index is 0.112. The molecule has 2 unspecified atom stereocenters. The van der Waals surface area contributed by atoms with E-state index in [4.69, 9.17) is 0 Å². The fourth-order valence-corrected chi connectivity index (χ4v) is 2.54. The standard InChI is InChI=1S/C14H18FN/c1-14(10-3-2-4-12(15)7-10)8-11(14)9-16-13-5-6-13/h2-4,7,11,13,16H,5-6,8-9H2,1H3. The van der Waals surface area contributed by atoms with E-state index in [9.17, 15) is 4.39 Å². The van der Waals surface area contributed by atoms with E-state index in [-0.39, 0.29) is 11.2 Å². The predicted octanol–water partition coefficient (Wildman–Crippen LogP) is 2.86. The van der Waals surface area contributed by atoms with Crippen molar-refractivity contribution in [1.82, 2.24) is 5.32 Å². The number of hydrogen-bond donors (Lipinski definition) is 1. The smallest absolute Gasteiger partial charge is 0.123 e. The molecule has 1 N–H and O–H groups in total. The summed E-state index contributed by atoms with van der Waals surface area (Å²) in [7, 11) is 0. The van der Waals surface area contributed by atoms with Gasteiger partial charge in [0, 0.05) is 6.04 Å². The van der Waals surface area contributed by atoms with E-state index in [0.29, 0.717) is 5.92 Å². The van der Waals surface area contributed by atoms with Crippen LogP contribution in [-0.4, -0.2) is 12.6 Å². The topological polar surface area (TPSA) is 12.0 Å². The molecule has 2 fully saturated rings. The number of hydrogen-bond acceptors (Lipinski definition) is 1. The molecule has 2 saturated carbocycles. The van der Waals surface area contributed by atoms with Crippen molar-refractivity contribution >= 4 is 0 Å². The Morgan fingerprint density at radius 2 is 2.25 bits per heavy atom. The molecule has 1 aromatic rings. The molecule has 0 amide bonds. The van der Waals surface area contributed by atoms with Crippen LogP contribution in [0.2, 0.25) is 0 Å². The fourth-order valence-electron chi connectivity index (χ4n) is 2.54. The van der Waals surface area contributed by atoms with Gasteiger partial charge < -0.3 is 5.32 Å². The molecule has 1 nitrogen and oxygen atoms in total. The van der Waals surface area contributed by atoms with E-state index in [1.54, 1.807) is 6.07 Å². The van der Waals surface area contributed by atoms with Crippen LogP contribution in [0.4, 0.5) is 4.39 Å². The molecule has 86 valence electrons. The van der Waals surface area contributed by atoms with Gasteiger partial charge in [0.2, 0.25) is 0 Å². The minimum Gasteiger partial charge on any atom is -0.314 e. The second-order valence-electron chi connectivity index (χ2n) is 5.51. The Kier molecular flexibility index (Phi) is 2.28. The molecule has 2 atom stereocenters. The zero-order chi connectivity index (χ0) is 11.2. The van der Waals surface area contributed by atoms with E-state index in [1.807, 2.05) is 6.07 Å². The van der Waals surface area contributed by atoms with Crippen LogP contribution in [0.3, 0.4) is 0 Å². The van der Waals surface area contributed by atoms with Crippen LogP contribution in [0.25, 0.3) is 0 Å². The lowest BCUT2D eigenvalue weighted by Gasteiger charge is -2.12. The van der Waals surface area contributed by atoms with Gasteiger partial charge in [-0.15, -0.1) is 0 Å². The first-order valence-corrected chi connectivity index (χ1v) is 6.18. The molecular formula is C14H18FN. The van der Waals surface area contributed by atoms with Gasteiger partial charge in [-0.2, -0.15) is 0 Å². The Morgan fingerprint density at radius 3 is 2.94 bits per heavy atom. The van der Waals surface area contributed by atoms with E-state index in [1.165, 1.54) is 25.3 Å². The van der Waals surface area contributed by atoms with Crippen molar-refractivity contribution in [3.8, 4) is 0 Å². The van der Waals surface area contributed by atoms with Crippen molar-refractivity contribution in [1.29, 1.82) is 0 Å². The Balaban J connectivity index is 1.65. The van der Waals surface area contributed by atoms with Crippen LogP contribution in [0.1, 0.15) is 31.7 Å². The van der Waals surface area contributed by atoms with Crippen molar-refractivity contribution in [2.75, 3.05) is 6.54 Å². The molecule has 0 spiro atoms. The summed E-state index contributed by atoms with van der Waals surface area (Å²) in [6.07, 6.45) is 3.86. The molecular weight excluding hydrogens is 201 g/mol. The highest BCUT2D eigenvalue weighted by atomic mass is 19.1. The fraction of sp³-hybridized carbons (Fsp3) is 0.571. The summed E-state index contributed by atoms with van der Waals surface area (Å²) < 4.78 is 13.2. The first-order chi connectivity index (χ1) is 7.68. The monoisotopic (exact) mass is 219 g/mol. The highest BCUT2D eigenvalue weighted by Crippen LogP contribution is 2.53. The number of nitrogens with one attached hydrogen (secondary N) is 1. The Bertz CT molecular complexity index is 399. The number of benzene rings is 1. The molecule has 0 aromatic heterocycles. The molecule has 0 bridgehead atoms. The van der Waals surface area contributed by atoms with Crippen molar-refractivity contribution in [2.45, 2.75) is 37.6 Å². The highest BCUT2D eigenvalue weighted by molar-refractivity contribution is 5.33. The Morgan fingerprint density at radius 1 is 1.44 bits per heavy atom. The summed E-state index contributed by atoms with van der Waals surface area (Å²) >= 11 is 0. The predicted molar refractivity (Wildman–Crippen MR) is 62.9 cm³/mol. The van der Waals surface area contributed by atoms with E-state index < -0.39 is 0 Å². The van der Waals surface area contributed by atoms with Gasteiger partial charge in [-0.1, -0.05) is 19.1 Å². The maximum Gasteiger partial charge on any atom is 0.123 e. The summed E-state index contributed by atoms with van der Waals surface area (Å²) in [5.74, 6) is 0.578. The highest BCUT2D eigenvalue weighted by Gasteiger charge is 2.51. The molecule has 0 saturated heterocycles. The average Bonchev–Trinajstić information content (AvgIpc) is 3.13. The molecule has 1 aromatic carbocycles. The SMILES string of the molecule is CC1(c2cccc(F)c2)CC1CNC1CC1. The summed E-state index contributed by atoms with van der Waals surface area (Å²) in [5, 5.41) is 3.56. The number of rotatable bonds is 4.